The van der Waals surface area contributed by atoms with E-state index in [2.05, 4.69) is 20.8 Å². The van der Waals surface area contributed by atoms with Crippen LogP contribution in [-0.4, -0.2) is 45.2 Å². The molecule has 33 heavy (non-hydrogen) atoms. The number of nitrogens with zero attached hydrogens (tertiary/aromatic N) is 3. The van der Waals surface area contributed by atoms with Gasteiger partial charge < -0.3 is 24.7 Å². The number of carbonyl (C=O) groups is 2. The number of rotatable bonds is 8. The zero-order valence-corrected chi connectivity index (χ0v) is 19.6. The Bertz CT molecular complexity index is 1170. The topological polar surface area (TPSA) is 107 Å². The van der Waals surface area contributed by atoms with E-state index in [9.17, 15) is 9.59 Å². The first kappa shape index (κ1) is 22.9. The van der Waals surface area contributed by atoms with E-state index < -0.39 is 5.25 Å². The van der Waals surface area contributed by atoms with Crippen molar-refractivity contribution < 1.29 is 19.1 Å². The highest BCUT2D eigenvalue weighted by Gasteiger charge is 2.20. The van der Waals surface area contributed by atoms with E-state index >= 15 is 0 Å². The molecule has 0 unspecified atom stereocenters. The number of thioether (sulfide) groups is 1. The first-order chi connectivity index (χ1) is 15.9. The molecular formula is C22H22ClN5O4S. The number of amides is 2. The van der Waals surface area contributed by atoms with Crippen LogP contribution in [-0.2, 0) is 18.3 Å². The van der Waals surface area contributed by atoms with Gasteiger partial charge in [-0.15, -0.1) is 10.2 Å². The van der Waals surface area contributed by atoms with Crippen molar-refractivity contribution in [3.05, 3.63) is 58.9 Å². The van der Waals surface area contributed by atoms with Crippen LogP contribution >= 0.6 is 23.4 Å². The normalized spacial score (nSPS) is 12.9. The summed E-state index contributed by atoms with van der Waals surface area (Å²) in [4.78, 5) is 24.8. The van der Waals surface area contributed by atoms with Gasteiger partial charge in [0.1, 0.15) is 5.82 Å². The molecule has 2 heterocycles. The van der Waals surface area contributed by atoms with Crippen LogP contribution in [0.4, 0.5) is 5.69 Å². The van der Waals surface area contributed by atoms with Gasteiger partial charge in [0.05, 0.1) is 5.25 Å². The van der Waals surface area contributed by atoms with E-state index in [0.717, 1.165) is 0 Å². The zero-order chi connectivity index (χ0) is 23.4. The Kier molecular flexibility index (Phi) is 7.05. The van der Waals surface area contributed by atoms with E-state index in [0.29, 0.717) is 51.7 Å². The Labute approximate surface area is 199 Å². The lowest BCUT2D eigenvalue weighted by molar-refractivity contribution is -0.115. The molecule has 0 saturated carbocycles. The lowest BCUT2D eigenvalue weighted by Gasteiger charge is -2.12. The van der Waals surface area contributed by atoms with Gasteiger partial charge in [-0.1, -0.05) is 23.4 Å². The molecule has 4 rings (SSSR count). The van der Waals surface area contributed by atoms with Gasteiger partial charge in [-0.05, 0) is 43.3 Å². The van der Waals surface area contributed by atoms with E-state index in [1.54, 1.807) is 49.4 Å². The highest BCUT2D eigenvalue weighted by Crippen LogP contribution is 2.34. The number of halogens is 1. The summed E-state index contributed by atoms with van der Waals surface area (Å²) >= 11 is 7.15. The first-order valence-corrected chi connectivity index (χ1v) is 11.5. The third-order valence-corrected chi connectivity index (χ3v) is 6.34. The molecule has 2 amide bonds. The summed E-state index contributed by atoms with van der Waals surface area (Å²) in [7, 11) is 1.83. The van der Waals surface area contributed by atoms with Crippen molar-refractivity contribution in [1.29, 1.82) is 0 Å². The second kappa shape index (κ2) is 10.1. The molecule has 9 nitrogen and oxygen atoms in total. The number of anilines is 1. The van der Waals surface area contributed by atoms with E-state index in [4.69, 9.17) is 21.1 Å². The number of hydrogen-bond acceptors (Lipinski definition) is 7. The molecule has 1 aliphatic rings. The number of carbonyl (C=O) groups excluding carboxylic acids is 2. The maximum atomic E-state index is 12.6. The van der Waals surface area contributed by atoms with Crippen molar-refractivity contribution in [2.45, 2.75) is 23.8 Å². The van der Waals surface area contributed by atoms with Crippen molar-refractivity contribution in [2.75, 3.05) is 18.7 Å². The molecule has 0 bridgehead atoms. The van der Waals surface area contributed by atoms with Crippen molar-refractivity contribution in [3.8, 4) is 11.5 Å². The van der Waals surface area contributed by atoms with Crippen molar-refractivity contribution >= 4 is 40.9 Å². The SMILES string of the molecule is C[C@H](Sc1nnc(CCNC(=O)c2ccc(Cl)cc2)n1C)C(=O)Nc1ccc2c(c1)OCO2. The fourth-order valence-corrected chi connectivity index (χ4v) is 4.05. The van der Waals surface area contributed by atoms with E-state index in [-0.39, 0.29) is 18.6 Å². The largest absolute Gasteiger partial charge is 0.454 e. The molecule has 3 aromatic rings. The third kappa shape index (κ3) is 5.58. The van der Waals surface area contributed by atoms with Crippen LogP contribution in [0.3, 0.4) is 0 Å². The van der Waals surface area contributed by atoms with Gasteiger partial charge in [-0.25, -0.2) is 0 Å². The predicted octanol–water partition coefficient (Wildman–Crippen LogP) is 3.29. The highest BCUT2D eigenvalue weighted by atomic mass is 35.5. The van der Waals surface area contributed by atoms with Gasteiger partial charge in [0.25, 0.3) is 5.91 Å². The summed E-state index contributed by atoms with van der Waals surface area (Å²) in [5.74, 6) is 1.62. The first-order valence-electron chi connectivity index (χ1n) is 10.2. The Hall–Kier alpha value is -3.24. The van der Waals surface area contributed by atoms with Gasteiger partial charge in [0.15, 0.2) is 16.7 Å². The number of nitrogens with one attached hydrogen (secondary N) is 2. The maximum Gasteiger partial charge on any atom is 0.251 e. The lowest BCUT2D eigenvalue weighted by Crippen LogP contribution is -2.26. The number of benzene rings is 2. The standard InChI is InChI=1S/C22H22ClN5O4S/c1-13(20(29)25-16-7-8-17-18(11-16)32-12-31-17)33-22-27-26-19(28(22)2)9-10-24-21(30)14-3-5-15(23)6-4-14/h3-8,11,13H,9-10,12H2,1-2H3,(H,24,30)(H,25,29)/t13-/m0/s1. The van der Waals surface area contributed by atoms with Crippen molar-refractivity contribution in [2.24, 2.45) is 7.05 Å². The monoisotopic (exact) mass is 487 g/mol. The highest BCUT2D eigenvalue weighted by molar-refractivity contribution is 8.00. The minimum Gasteiger partial charge on any atom is -0.454 e. The Morgan fingerprint density at radius 1 is 1.15 bits per heavy atom. The van der Waals surface area contributed by atoms with Crippen LogP contribution in [0, 0.1) is 0 Å². The third-order valence-electron chi connectivity index (χ3n) is 4.96. The van der Waals surface area contributed by atoms with Crippen LogP contribution in [0.15, 0.2) is 47.6 Å². The molecular weight excluding hydrogens is 466 g/mol. The molecule has 0 aliphatic carbocycles. The molecule has 2 aromatic carbocycles. The number of fused-ring (bicyclic) bond motifs is 1. The molecule has 1 aromatic heterocycles. The summed E-state index contributed by atoms with van der Waals surface area (Å²) in [6.45, 7) is 2.38. The van der Waals surface area contributed by atoms with Crippen LogP contribution in [0.5, 0.6) is 11.5 Å². The van der Waals surface area contributed by atoms with Crippen molar-refractivity contribution in [1.82, 2.24) is 20.1 Å². The molecule has 0 fully saturated rings. The smallest absolute Gasteiger partial charge is 0.251 e. The van der Waals surface area contributed by atoms with Gasteiger partial charge >= 0.3 is 0 Å². The summed E-state index contributed by atoms with van der Waals surface area (Å²) in [5.41, 5.74) is 1.17. The molecule has 0 spiro atoms. The molecule has 0 radical (unpaired) electrons. The number of aromatic nitrogens is 3. The fourth-order valence-electron chi connectivity index (χ4n) is 3.09. The average molecular weight is 488 g/mol. The van der Waals surface area contributed by atoms with Gasteiger partial charge in [0, 0.05) is 42.4 Å². The van der Waals surface area contributed by atoms with Crippen molar-refractivity contribution in [3.63, 3.8) is 0 Å². The van der Waals surface area contributed by atoms with Crippen LogP contribution in [0.2, 0.25) is 5.02 Å². The molecule has 172 valence electrons. The zero-order valence-electron chi connectivity index (χ0n) is 18.0. The van der Waals surface area contributed by atoms with Gasteiger partial charge in [0.2, 0.25) is 12.7 Å². The Morgan fingerprint density at radius 2 is 1.91 bits per heavy atom. The molecule has 0 saturated heterocycles. The van der Waals surface area contributed by atoms with Gasteiger partial charge in [-0.2, -0.15) is 0 Å². The Balaban J connectivity index is 1.28. The van der Waals surface area contributed by atoms with E-state index in [1.165, 1.54) is 11.8 Å². The summed E-state index contributed by atoms with van der Waals surface area (Å²) in [6.07, 6.45) is 0.501. The summed E-state index contributed by atoms with van der Waals surface area (Å²) < 4.78 is 12.4. The molecule has 1 atom stereocenters. The number of ether oxygens (including phenoxy) is 2. The average Bonchev–Trinajstić information content (AvgIpc) is 3.41. The predicted molar refractivity (Wildman–Crippen MR) is 125 cm³/mol. The quantitative estimate of drug-likeness (QED) is 0.469. The second-order valence-corrected chi connectivity index (χ2v) is 9.03. The minimum absolute atomic E-state index is 0.168. The summed E-state index contributed by atoms with van der Waals surface area (Å²) in [5, 5.41) is 14.9. The fraction of sp³-hybridized carbons (Fsp3) is 0.273. The second-order valence-electron chi connectivity index (χ2n) is 7.29. The Morgan fingerprint density at radius 3 is 2.70 bits per heavy atom. The molecule has 11 heteroatoms. The minimum atomic E-state index is -0.407. The van der Waals surface area contributed by atoms with E-state index in [1.807, 2.05) is 11.6 Å². The van der Waals surface area contributed by atoms with Crippen LogP contribution < -0.4 is 20.1 Å². The van der Waals surface area contributed by atoms with Gasteiger partial charge in [-0.3, -0.25) is 9.59 Å². The molecule has 1 aliphatic heterocycles. The van der Waals surface area contributed by atoms with Crippen LogP contribution in [0.1, 0.15) is 23.1 Å². The lowest BCUT2D eigenvalue weighted by atomic mass is 10.2. The maximum absolute atomic E-state index is 12.6. The summed E-state index contributed by atoms with van der Waals surface area (Å²) in [6, 6.07) is 11.9. The van der Waals surface area contributed by atoms with Crippen LogP contribution in [0.25, 0.3) is 0 Å². The molecule has 2 N–H and O–H groups in total. The number of hydrogen-bond donors (Lipinski definition) is 2.